The van der Waals surface area contributed by atoms with Crippen molar-refractivity contribution in [2.45, 2.75) is 6.54 Å². The number of benzene rings is 1. The van der Waals surface area contributed by atoms with E-state index >= 15 is 0 Å². The van der Waals surface area contributed by atoms with Gasteiger partial charge in [0.25, 0.3) is 0 Å². The summed E-state index contributed by atoms with van der Waals surface area (Å²) in [5, 5.41) is 11.7. The highest BCUT2D eigenvalue weighted by Gasteiger charge is 1.99. The number of hydrogen-bond donors (Lipinski definition) is 2. The normalized spacial score (nSPS) is 9.29. The Bertz CT molecular complexity index is 256. The predicted octanol–water partition coefficient (Wildman–Crippen LogP) is 1.20. The minimum atomic E-state index is 0. The van der Waals surface area contributed by atoms with Crippen LogP contribution in [0.25, 0.3) is 0 Å². The molecule has 0 radical (unpaired) electrons. The van der Waals surface area contributed by atoms with Crippen molar-refractivity contribution in [3.63, 3.8) is 0 Å². The molecular formula is C10H16ClNO2. The van der Waals surface area contributed by atoms with Gasteiger partial charge in [-0.15, -0.1) is 12.4 Å². The second kappa shape index (κ2) is 7.62. The lowest BCUT2D eigenvalue weighted by atomic mass is 10.2. The third-order valence-corrected chi connectivity index (χ3v) is 1.80. The van der Waals surface area contributed by atoms with Crippen LogP contribution in [0.4, 0.5) is 0 Å². The Labute approximate surface area is 90.5 Å². The van der Waals surface area contributed by atoms with Crippen LogP contribution in [0.5, 0.6) is 5.75 Å². The van der Waals surface area contributed by atoms with Crippen LogP contribution in [-0.4, -0.2) is 25.4 Å². The van der Waals surface area contributed by atoms with E-state index in [2.05, 4.69) is 5.32 Å². The molecule has 0 amide bonds. The highest BCUT2D eigenvalue weighted by Crippen LogP contribution is 2.16. The molecule has 4 heteroatoms. The number of aliphatic hydroxyl groups is 1. The molecule has 0 saturated heterocycles. The van der Waals surface area contributed by atoms with Gasteiger partial charge in [-0.1, -0.05) is 18.2 Å². The molecule has 0 heterocycles. The summed E-state index contributed by atoms with van der Waals surface area (Å²) in [5.41, 5.74) is 1.11. The molecule has 0 unspecified atom stereocenters. The van der Waals surface area contributed by atoms with Crippen molar-refractivity contribution < 1.29 is 9.84 Å². The summed E-state index contributed by atoms with van der Waals surface area (Å²) in [5.74, 6) is 0.882. The fourth-order valence-electron chi connectivity index (χ4n) is 1.15. The molecule has 0 spiro atoms. The maximum absolute atomic E-state index is 8.58. The van der Waals surface area contributed by atoms with Crippen LogP contribution >= 0.6 is 12.4 Å². The summed E-state index contributed by atoms with van der Waals surface area (Å²) >= 11 is 0. The monoisotopic (exact) mass is 217 g/mol. The number of aliphatic hydroxyl groups excluding tert-OH is 1. The predicted molar refractivity (Wildman–Crippen MR) is 59.0 cm³/mol. The fourth-order valence-corrected chi connectivity index (χ4v) is 1.15. The number of hydrogen-bond acceptors (Lipinski definition) is 3. The molecule has 0 saturated carbocycles. The number of methoxy groups -OCH3 is 1. The van der Waals surface area contributed by atoms with Crippen LogP contribution in [0.1, 0.15) is 5.56 Å². The zero-order valence-electron chi connectivity index (χ0n) is 8.19. The Hall–Kier alpha value is -0.770. The second-order valence-corrected chi connectivity index (χ2v) is 2.71. The van der Waals surface area contributed by atoms with Gasteiger partial charge in [0, 0.05) is 18.7 Å². The molecule has 1 rings (SSSR count). The average Bonchev–Trinajstić information content (AvgIpc) is 2.19. The first-order valence-corrected chi connectivity index (χ1v) is 4.32. The number of rotatable bonds is 5. The maximum Gasteiger partial charge on any atom is 0.123 e. The standard InChI is InChI=1S/C10H15NO2.ClH/c1-13-10-5-3-2-4-9(10)8-11-6-7-12;/h2-5,11-12H,6-8H2,1H3;1H. The van der Waals surface area contributed by atoms with Crippen molar-refractivity contribution in [2.75, 3.05) is 20.3 Å². The first-order chi connectivity index (χ1) is 6.38. The Kier molecular flexibility index (Phi) is 7.20. The summed E-state index contributed by atoms with van der Waals surface area (Å²) in [7, 11) is 1.66. The number of halogens is 1. The molecule has 0 atom stereocenters. The van der Waals surface area contributed by atoms with E-state index in [1.165, 1.54) is 0 Å². The summed E-state index contributed by atoms with van der Waals surface area (Å²) in [6.07, 6.45) is 0. The molecular weight excluding hydrogens is 202 g/mol. The van der Waals surface area contributed by atoms with E-state index in [1.807, 2.05) is 24.3 Å². The van der Waals surface area contributed by atoms with Gasteiger partial charge in [0.1, 0.15) is 5.75 Å². The summed E-state index contributed by atoms with van der Waals surface area (Å²) in [4.78, 5) is 0. The van der Waals surface area contributed by atoms with E-state index in [-0.39, 0.29) is 19.0 Å². The zero-order chi connectivity index (χ0) is 9.52. The SMILES string of the molecule is COc1ccccc1CNCCO.Cl. The van der Waals surface area contributed by atoms with E-state index in [9.17, 15) is 0 Å². The van der Waals surface area contributed by atoms with Crippen molar-refractivity contribution in [1.29, 1.82) is 0 Å². The molecule has 1 aromatic rings. The first kappa shape index (κ1) is 13.2. The highest BCUT2D eigenvalue weighted by molar-refractivity contribution is 5.85. The topological polar surface area (TPSA) is 41.5 Å². The average molecular weight is 218 g/mol. The van der Waals surface area contributed by atoms with Crippen LogP contribution < -0.4 is 10.1 Å². The summed E-state index contributed by atoms with van der Waals surface area (Å²) in [6.45, 7) is 1.50. The third-order valence-electron chi connectivity index (χ3n) is 1.80. The van der Waals surface area contributed by atoms with Crippen molar-refractivity contribution >= 4 is 12.4 Å². The van der Waals surface area contributed by atoms with Gasteiger partial charge in [0.05, 0.1) is 13.7 Å². The van der Waals surface area contributed by atoms with E-state index in [1.54, 1.807) is 7.11 Å². The van der Waals surface area contributed by atoms with Gasteiger partial charge in [0.2, 0.25) is 0 Å². The Morgan fingerprint density at radius 3 is 2.71 bits per heavy atom. The minimum absolute atomic E-state index is 0. The first-order valence-electron chi connectivity index (χ1n) is 4.32. The van der Waals surface area contributed by atoms with Crippen LogP contribution in [0.3, 0.4) is 0 Å². The Balaban J connectivity index is 0.00000169. The van der Waals surface area contributed by atoms with Crippen LogP contribution in [-0.2, 0) is 6.54 Å². The van der Waals surface area contributed by atoms with Gasteiger partial charge in [-0.25, -0.2) is 0 Å². The van der Waals surface area contributed by atoms with Gasteiger partial charge >= 0.3 is 0 Å². The summed E-state index contributed by atoms with van der Waals surface area (Å²) < 4.78 is 5.17. The molecule has 14 heavy (non-hydrogen) atoms. The molecule has 0 aliphatic rings. The third kappa shape index (κ3) is 3.96. The number of ether oxygens (including phenoxy) is 1. The van der Waals surface area contributed by atoms with Gasteiger partial charge in [-0.2, -0.15) is 0 Å². The van der Waals surface area contributed by atoms with Gasteiger partial charge in [-0.3, -0.25) is 0 Å². The van der Waals surface area contributed by atoms with E-state index in [4.69, 9.17) is 9.84 Å². The van der Waals surface area contributed by atoms with Gasteiger partial charge < -0.3 is 15.2 Å². The zero-order valence-corrected chi connectivity index (χ0v) is 9.01. The Morgan fingerprint density at radius 2 is 2.07 bits per heavy atom. The highest BCUT2D eigenvalue weighted by atomic mass is 35.5. The molecule has 2 N–H and O–H groups in total. The molecule has 80 valence electrons. The lowest BCUT2D eigenvalue weighted by Gasteiger charge is -2.08. The van der Waals surface area contributed by atoms with Crippen molar-refractivity contribution in [3.05, 3.63) is 29.8 Å². The quantitative estimate of drug-likeness (QED) is 0.729. The van der Waals surface area contributed by atoms with Gasteiger partial charge in [0.15, 0.2) is 0 Å². The van der Waals surface area contributed by atoms with Crippen molar-refractivity contribution in [3.8, 4) is 5.75 Å². The van der Waals surface area contributed by atoms with E-state index in [0.29, 0.717) is 6.54 Å². The fraction of sp³-hybridized carbons (Fsp3) is 0.400. The number of nitrogens with one attached hydrogen (secondary N) is 1. The largest absolute Gasteiger partial charge is 0.496 e. The van der Waals surface area contributed by atoms with Crippen LogP contribution in [0, 0.1) is 0 Å². The van der Waals surface area contributed by atoms with Crippen LogP contribution in [0.15, 0.2) is 24.3 Å². The molecule has 1 aromatic carbocycles. The van der Waals surface area contributed by atoms with Crippen molar-refractivity contribution in [2.24, 2.45) is 0 Å². The minimum Gasteiger partial charge on any atom is -0.496 e. The maximum atomic E-state index is 8.58. The Morgan fingerprint density at radius 1 is 1.36 bits per heavy atom. The second-order valence-electron chi connectivity index (χ2n) is 2.71. The molecule has 0 bridgehead atoms. The van der Waals surface area contributed by atoms with E-state index in [0.717, 1.165) is 17.9 Å². The van der Waals surface area contributed by atoms with Crippen molar-refractivity contribution in [1.82, 2.24) is 5.32 Å². The van der Waals surface area contributed by atoms with E-state index < -0.39 is 0 Å². The molecule has 0 aromatic heterocycles. The van der Waals surface area contributed by atoms with Gasteiger partial charge in [-0.05, 0) is 6.07 Å². The lowest BCUT2D eigenvalue weighted by molar-refractivity contribution is 0.291. The summed E-state index contributed by atoms with van der Waals surface area (Å²) in [6, 6.07) is 7.84. The smallest absolute Gasteiger partial charge is 0.123 e. The lowest BCUT2D eigenvalue weighted by Crippen LogP contribution is -2.17. The molecule has 3 nitrogen and oxygen atoms in total. The molecule has 0 fully saturated rings. The molecule has 0 aliphatic heterocycles. The number of para-hydroxylation sites is 1. The van der Waals surface area contributed by atoms with Crippen LogP contribution in [0.2, 0.25) is 0 Å². The molecule has 0 aliphatic carbocycles.